The van der Waals surface area contributed by atoms with E-state index in [-0.39, 0.29) is 11.6 Å². The van der Waals surface area contributed by atoms with Crippen molar-refractivity contribution in [1.82, 2.24) is 0 Å². The van der Waals surface area contributed by atoms with Crippen molar-refractivity contribution in [3.05, 3.63) is 69.7 Å². The van der Waals surface area contributed by atoms with E-state index in [0.29, 0.717) is 17.5 Å². The maximum Gasteiger partial charge on any atom is 0.126 e. The molecule has 2 N–H and O–H groups in total. The summed E-state index contributed by atoms with van der Waals surface area (Å²) in [6.07, 6.45) is 0.328. The predicted octanol–water partition coefficient (Wildman–Crippen LogP) is 3.97. The van der Waals surface area contributed by atoms with Crippen molar-refractivity contribution in [2.45, 2.75) is 12.5 Å². The SMILES string of the molecule is NC(Cc1ccccc1F)c1cc(F)ccc1Br. The zero-order valence-corrected chi connectivity index (χ0v) is 11.1. The number of hydrogen-bond donors (Lipinski definition) is 1. The molecule has 0 aliphatic carbocycles. The van der Waals surface area contributed by atoms with E-state index < -0.39 is 6.04 Å². The van der Waals surface area contributed by atoms with Crippen LogP contribution < -0.4 is 5.73 Å². The van der Waals surface area contributed by atoms with Crippen LogP contribution in [-0.4, -0.2) is 0 Å². The monoisotopic (exact) mass is 311 g/mol. The Morgan fingerprint density at radius 2 is 1.83 bits per heavy atom. The third kappa shape index (κ3) is 2.94. The molecule has 2 aromatic carbocycles. The molecule has 0 aliphatic rings. The van der Waals surface area contributed by atoms with E-state index in [1.807, 2.05) is 0 Å². The molecule has 0 aromatic heterocycles. The molecule has 0 radical (unpaired) electrons. The van der Waals surface area contributed by atoms with Crippen LogP contribution in [0, 0.1) is 11.6 Å². The summed E-state index contributed by atoms with van der Waals surface area (Å²) >= 11 is 3.32. The first kappa shape index (κ1) is 13.2. The molecule has 1 atom stereocenters. The zero-order valence-electron chi connectivity index (χ0n) is 9.54. The Hall–Kier alpha value is -1.26. The van der Waals surface area contributed by atoms with E-state index in [4.69, 9.17) is 5.73 Å². The number of nitrogens with two attached hydrogens (primary N) is 1. The molecule has 0 heterocycles. The molecule has 0 bridgehead atoms. The summed E-state index contributed by atoms with van der Waals surface area (Å²) in [6.45, 7) is 0. The summed E-state index contributed by atoms with van der Waals surface area (Å²) in [6, 6.07) is 10.3. The van der Waals surface area contributed by atoms with Gasteiger partial charge < -0.3 is 5.73 Å². The van der Waals surface area contributed by atoms with Crippen LogP contribution in [0.2, 0.25) is 0 Å². The van der Waals surface area contributed by atoms with E-state index >= 15 is 0 Å². The van der Waals surface area contributed by atoms with Gasteiger partial charge in [0, 0.05) is 10.5 Å². The average molecular weight is 312 g/mol. The van der Waals surface area contributed by atoms with Gasteiger partial charge in [0.1, 0.15) is 11.6 Å². The third-order valence-corrected chi connectivity index (χ3v) is 3.48. The van der Waals surface area contributed by atoms with Crippen molar-refractivity contribution < 1.29 is 8.78 Å². The van der Waals surface area contributed by atoms with Gasteiger partial charge in [0.25, 0.3) is 0 Å². The summed E-state index contributed by atoms with van der Waals surface area (Å²) in [5, 5.41) is 0. The number of rotatable bonds is 3. The smallest absolute Gasteiger partial charge is 0.126 e. The highest BCUT2D eigenvalue weighted by molar-refractivity contribution is 9.10. The zero-order chi connectivity index (χ0) is 13.1. The molecule has 18 heavy (non-hydrogen) atoms. The molecule has 2 rings (SSSR count). The largest absolute Gasteiger partial charge is 0.324 e. The van der Waals surface area contributed by atoms with Crippen molar-refractivity contribution in [2.24, 2.45) is 5.73 Å². The fourth-order valence-electron chi connectivity index (χ4n) is 1.81. The van der Waals surface area contributed by atoms with Crippen LogP contribution in [0.3, 0.4) is 0 Å². The molecule has 94 valence electrons. The van der Waals surface area contributed by atoms with E-state index in [2.05, 4.69) is 15.9 Å². The van der Waals surface area contributed by atoms with Crippen LogP contribution in [0.1, 0.15) is 17.2 Å². The summed E-state index contributed by atoms with van der Waals surface area (Å²) in [7, 11) is 0. The van der Waals surface area contributed by atoms with E-state index in [0.717, 1.165) is 4.47 Å². The van der Waals surface area contributed by atoms with Gasteiger partial charge in [-0.25, -0.2) is 8.78 Å². The molecule has 2 aromatic rings. The van der Waals surface area contributed by atoms with Gasteiger partial charge in [-0.1, -0.05) is 34.1 Å². The number of halogens is 3. The highest BCUT2D eigenvalue weighted by Gasteiger charge is 2.13. The summed E-state index contributed by atoms with van der Waals surface area (Å²) in [4.78, 5) is 0. The lowest BCUT2D eigenvalue weighted by atomic mass is 9.99. The Bertz CT molecular complexity index is 557. The standard InChI is InChI=1S/C14H12BrF2N/c15-12-6-5-10(16)8-11(12)14(18)7-9-3-1-2-4-13(9)17/h1-6,8,14H,7,18H2. The Morgan fingerprint density at radius 1 is 1.11 bits per heavy atom. The van der Waals surface area contributed by atoms with E-state index in [9.17, 15) is 8.78 Å². The number of benzene rings is 2. The van der Waals surface area contributed by atoms with Crippen molar-refractivity contribution in [3.63, 3.8) is 0 Å². The summed E-state index contributed by atoms with van der Waals surface area (Å²) in [5.74, 6) is -0.641. The lowest BCUT2D eigenvalue weighted by molar-refractivity contribution is 0.588. The van der Waals surface area contributed by atoms with Gasteiger partial charge in [0.2, 0.25) is 0 Å². The maximum atomic E-state index is 13.5. The first-order valence-corrected chi connectivity index (χ1v) is 6.31. The second-order valence-corrected chi connectivity index (χ2v) is 4.92. The second-order valence-electron chi connectivity index (χ2n) is 4.07. The van der Waals surface area contributed by atoms with Crippen LogP contribution in [0.15, 0.2) is 46.9 Å². The van der Waals surface area contributed by atoms with Crippen LogP contribution in [0.4, 0.5) is 8.78 Å². The van der Waals surface area contributed by atoms with E-state index in [1.165, 1.54) is 18.2 Å². The van der Waals surface area contributed by atoms with Crippen LogP contribution >= 0.6 is 15.9 Å². The van der Waals surface area contributed by atoms with Gasteiger partial charge in [-0.2, -0.15) is 0 Å². The minimum Gasteiger partial charge on any atom is -0.324 e. The van der Waals surface area contributed by atoms with Gasteiger partial charge in [-0.05, 0) is 41.8 Å². The lowest BCUT2D eigenvalue weighted by Crippen LogP contribution is -2.15. The summed E-state index contributed by atoms with van der Waals surface area (Å²) < 4.78 is 27.4. The molecule has 0 saturated carbocycles. The van der Waals surface area contributed by atoms with Gasteiger partial charge in [-0.3, -0.25) is 0 Å². The third-order valence-electron chi connectivity index (χ3n) is 2.76. The molecule has 0 amide bonds. The highest BCUT2D eigenvalue weighted by atomic mass is 79.9. The normalized spacial score (nSPS) is 12.4. The van der Waals surface area contributed by atoms with Gasteiger partial charge in [-0.15, -0.1) is 0 Å². The minimum atomic E-state index is -0.452. The summed E-state index contributed by atoms with van der Waals surface area (Å²) in [5.41, 5.74) is 7.17. The molecule has 1 unspecified atom stereocenters. The highest BCUT2D eigenvalue weighted by Crippen LogP contribution is 2.26. The Balaban J connectivity index is 2.25. The Kier molecular flexibility index (Phi) is 4.09. The second kappa shape index (κ2) is 5.59. The van der Waals surface area contributed by atoms with Gasteiger partial charge in [0.15, 0.2) is 0 Å². The molecular weight excluding hydrogens is 300 g/mol. The maximum absolute atomic E-state index is 13.5. The van der Waals surface area contributed by atoms with Crippen molar-refractivity contribution >= 4 is 15.9 Å². The topological polar surface area (TPSA) is 26.0 Å². The van der Waals surface area contributed by atoms with E-state index in [1.54, 1.807) is 24.3 Å². The van der Waals surface area contributed by atoms with Crippen LogP contribution in [0.25, 0.3) is 0 Å². The molecule has 0 spiro atoms. The van der Waals surface area contributed by atoms with Gasteiger partial charge in [0.05, 0.1) is 0 Å². The fraction of sp³-hybridized carbons (Fsp3) is 0.143. The quantitative estimate of drug-likeness (QED) is 0.912. The Morgan fingerprint density at radius 3 is 2.56 bits per heavy atom. The first-order chi connectivity index (χ1) is 8.58. The average Bonchev–Trinajstić information content (AvgIpc) is 2.35. The van der Waals surface area contributed by atoms with Crippen LogP contribution in [-0.2, 0) is 6.42 Å². The first-order valence-electron chi connectivity index (χ1n) is 5.52. The predicted molar refractivity (Wildman–Crippen MR) is 71.1 cm³/mol. The molecule has 0 fully saturated rings. The van der Waals surface area contributed by atoms with Crippen LogP contribution in [0.5, 0.6) is 0 Å². The number of hydrogen-bond acceptors (Lipinski definition) is 1. The van der Waals surface area contributed by atoms with Crippen molar-refractivity contribution in [1.29, 1.82) is 0 Å². The molecular formula is C14H12BrF2N. The molecule has 0 aliphatic heterocycles. The Labute approximate surface area is 113 Å². The van der Waals surface area contributed by atoms with Crippen molar-refractivity contribution in [3.8, 4) is 0 Å². The molecule has 0 saturated heterocycles. The fourth-order valence-corrected chi connectivity index (χ4v) is 2.35. The van der Waals surface area contributed by atoms with Gasteiger partial charge >= 0.3 is 0 Å². The minimum absolute atomic E-state index is 0.291. The molecule has 1 nitrogen and oxygen atoms in total. The molecule has 4 heteroatoms. The van der Waals surface area contributed by atoms with Crippen molar-refractivity contribution in [2.75, 3.05) is 0 Å². The lowest BCUT2D eigenvalue weighted by Gasteiger charge is -2.14.